The molecule has 0 atom stereocenters. The van der Waals surface area contributed by atoms with Crippen LogP contribution in [-0.4, -0.2) is 33.7 Å². The van der Waals surface area contributed by atoms with E-state index in [1.54, 1.807) is 4.90 Å². The lowest BCUT2D eigenvalue weighted by Gasteiger charge is -2.38. The van der Waals surface area contributed by atoms with Crippen molar-refractivity contribution in [2.45, 2.75) is 13.0 Å². The summed E-state index contributed by atoms with van der Waals surface area (Å²) < 4.78 is 1.92. The molecule has 2 rings (SSSR count). The van der Waals surface area contributed by atoms with Gasteiger partial charge in [-0.2, -0.15) is 5.10 Å². The van der Waals surface area contributed by atoms with E-state index in [2.05, 4.69) is 11.7 Å². The fourth-order valence-corrected chi connectivity index (χ4v) is 1.56. The van der Waals surface area contributed by atoms with Gasteiger partial charge in [0, 0.05) is 19.3 Å². The molecule has 0 bridgehead atoms. The molecule has 74 valence electrons. The van der Waals surface area contributed by atoms with Crippen molar-refractivity contribution in [3.8, 4) is 0 Å². The van der Waals surface area contributed by atoms with Gasteiger partial charge in [0.05, 0.1) is 12.2 Å². The molecule has 1 aliphatic rings. The Morgan fingerprint density at radius 3 is 2.93 bits per heavy atom. The molecule has 1 aliphatic heterocycles. The molecule has 0 spiro atoms. The molecule has 1 fully saturated rings. The van der Waals surface area contributed by atoms with E-state index in [0.29, 0.717) is 6.04 Å². The summed E-state index contributed by atoms with van der Waals surface area (Å²) in [5.41, 5.74) is 1.15. The van der Waals surface area contributed by atoms with Gasteiger partial charge in [-0.25, -0.2) is 0 Å². The first-order valence-corrected chi connectivity index (χ1v) is 4.63. The summed E-state index contributed by atoms with van der Waals surface area (Å²) >= 11 is 0. The van der Waals surface area contributed by atoms with Crippen molar-refractivity contribution in [1.82, 2.24) is 14.7 Å². The van der Waals surface area contributed by atoms with Crippen molar-refractivity contribution >= 4 is 5.91 Å². The second kappa shape index (κ2) is 3.29. The highest BCUT2D eigenvalue weighted by molar-refractivity contribution is 5.87. The van der Waals surface area contributed by atoms with Gasteiger partial charge in [0.25, 0.3) is 0 Å². The maximum Gasteiger partial charge on any atom is 0.246 e. The molecular formula is C10H13N3O. The predicted molar refractivity (Wildman–Crippen MR) is 52.8 cm³/mol. The van der Waals surface area contributed by atoms with Gasteiger partial charge in [0.15, 0.2) is 0 Å². The molecule has 4 heteroatoms. The van der Waals surface area contributed by atoms with Gasteiger partial charge in [0.2, 0.25) is 5.91 Å². The van der Waals surface area contributed by atoms with Crippen LogP contribution in [0, 0.1) is 6.92 Å². The highest BCUT2D eigenvalue weighted by atomic mass is 16.2. The molecular weight excluding hydrogens is 178 g/mol. The summed E-state index contributed by atoms with van der Waals surface area (Å²) in [5, 5.41) is 4.21. The van der Waals surface area contributed by atoms with E-state index < -0.39 is 0 Å². The van der Waals surface area contributed by atoms with Crippen molar-refractivity contribution in [2.75, 3.05) is 13.1 Å². The van der Waals surface area contributed by atoms with E-state index in [-0.39, 0.29) is 5.91 Å². The van der Waals surface area contributed by atoms with Gasteiger partial charge < -0.3 is 4.90 Å². The minimum Gasteiger partial charge on any atom is -0.335 e. The quantitative estimate of drug-likeness (QED) is 0.647. The second-order valence-electron chi connectivity index (χ2n) is 3.60. The predicted octanol–water partition coefficient (Wildman–Crippen LogP) is 0.761. The fraction of sp³-hybridized carbons (Fsp3) is 0.400. The lowest BCUT2D eigenvalue weighted by molar-refractivity contribution is -0.131. The number of carbonyl (C=O) groups excluding carboxylic acids is 1. The van der Waals surface area contributed by atoms with Gasteiger partial charge in [-0.05, 0) is 18.6 Å². The van der Waals surface area contributed by atoms with Gasteiger partial charge in [-0.1, -0.05) is 6.58 Å². The van der Waals surface area contributed by atoms with Gasteiger partial charge in [0.1, 0.15) is 0 Å². The second-order valence-corrected chi connectivity index (χ2v) is 3.60. The number of hydrogen-bond acceptors (Lipinski definition) is 2. The van der Waals surface area contributed by atoms with Gasteiger partial charge in [-0.3, -0.25) is 9.48 Å². The number of aromatic nitrogens is 2. The molecule has 14 heavy (non-hydrogen) atoms. The molecule has 0 unspecified atom stereocenters. The molecule has 1 aromatic rings. The zero-order valence-electron chi connectivity index (χ0n) is 8.18. The molecule has 0 radical (unpaired) electrons. The number of hydrogen-bond donors (Lipinski definition) is 0. The Hall–Kier alpha value is -1.58. The van der Waals surface area contributed by atoms with Crippen molar-refractivity contribution in [1.29, 1.82) is 0 Å². The molecule has 0 saturated carbocycles. The zero-order chi connectivity index (χ0) is 10.1. The number of rotatable bonds is 2. The number of carbonyl (C=O) groups is 1. The lowest BCUT2D eigenvalue weighted by Crippen LogP contribution is -2.50. The van der Waals surface area contributed by atoms with Gasteiger partial charge in [-0.15, -0.1) is 0 Å². The smallest absolute Gasteiger partial charge is 0.246 e. The van der Waals surface area contributed by atoms with Crippen LogP contribution >= 0.6 is 0 Å². The molecule has 4 nitrogen and oxygen atoms in total. The maximum atomic E-state index is 11.2. The standard InChI is InChI=1S/C10H13N3O/c1-3-10(14)12-6-9(7-12)13-5-8(2)4-11-13/h3-5,9H,1,6-7H2,2H3. The summed E-state index contributed by atoms with van der Waals surface area (Å²) in [6.45, 7) is 6.94. The summed E-state index contributed by atoms with van der Waals surface area (Å²) in [7, 11) is 0. The van der Waals surface area contributed by atoms with E-state index >= 15 is 0 Å². The summed E-state index contributed by atoms with van der Waals surface area (Å²) in [6.07, 6.45) is 5.18. The highest BCUT2D eigenvalue weighted by Crippen LogP contribution is 2.20. The molecule has 1 amide bonds. The third-order valence-electron chi connectivity index (χ3n) is 2.45. The average molecular weight is 191 g/mol. The number of amides is 1. The Morgan fingerprint density at radius 2 is 2.43 bits per heavy atom. The molecule has 0 aromatic carbocycles. The summed E-state index contributed by atoms with van der Waals surface area (Å²) in [6, 6.07) is 0.340. The van der Waals surface area contributed by atoms with Crippen LogP contribution in [0.25, 0.3) is 0 Å². The maximum absolute atomic E-state index is 11.2. The zero-order valence-corrected chi connectivity index (χ0v) is 8.18. The third-order valence-corrected chi connectivity index (χ3v) is 2.45. The van der Waals surface area contributed by atoms with Crippen LogP contribution in [0.1, 0.15) is 11.6 Å². The topological polar surface area (TPSA) is 38.1 Å². The van der Waals surface area contributed by atoms with Crippen LogP contribution < -0.4 is 0 Å². The Bertz CT molecular complexity index is 363. The minimum absolute atomic E-state index is 0.00475. The molecule has 2 heterocycles. The molecule has 1 saturated heterocycles. The molecule has 0 aliphatic carbocycles. The number of aryl methyl sites for hydroxylation is 1. The third kappa shape index (κ3) is 1.43. The largest absolute Gasteiger partial charge is 0.335 e. The van der Waals surface area contributed by atoms with Crippen molar-refractivity contribution in [3.63, 3.8) is 0 Å². The first-order chi connectivity index (χ1) is 6.70. The van der Waals surface area contributed by atoms with E-state index in [1.807, 2.05) is 24.0 Å². The van der Waals surface area contributed by atoms with E-state index in [9.17, 15) is 4.79 Å². The van der Waals surface area contributed by atoms with E-state index in [1.165, 1.54) is 6.08 Å². The first kappa shape index (κ1) is 8.99. The molecule has 1 aromatic heterocycles. The Balaban J connectivity index is 1.95. The SMILES string of the molecule is C=CC(=O)N1CC(n2cc(C)cn2)C1. The van der Waals surface area contributed by atoms with E-state index in [4.69, 9.17) is 0 Å². The van der Waals surface area contributed by atoms with E-state index in [0.717, 1.165) is 18.7 Å². The monoisotopic (exact) mass is 191 g/mol. The Morgan fingerprint density at radius 1 is 1.71 bits per heavy atom. The minimum atomic E-state index is 0.00475. The molecule has 0 N–H and O–H groups in total. The van der Waals surface area contributed by atoms with Gasteiger partial charge >= 0.3 is 0 Å². The Labute approximate surface area is 82.8 Å². The highest BCUT2D eigenvalue weighted by Gasteiger charge is 2.30. The van der Waals surface area contributed by atoms with Crippen LogP contribution in [0.2, 0.25) is 0 Å². The lowest BCUT2D eigenvalue weighted by atomic mass is 10.1. The Kier molecular flexibility index (Phi) is 2.11. The summed E-state index contributed by atoms with van der Waals surface area (Å²) in [4.78, 5) is 12.9. The van der Waals surface area contributed by atoms with Crippen molar-refractivity contribution in [2.24, 2.45) is 0 Å². The van der Waals surface area contributed by atoms with Crippen molar-refractivity contribution in [3.05, 3.63) is 30.6 Å². The first-order valence-electron chi connectivity index (χ1n) is 4.63. The average Bonchev–Trinajstić information content (AvgIpc) is 2.49. The normalized spacial score (nSPS) is 16.5. The number of likely N-dealkylation sites (tertiary alicyclic amines) is 1. The number of nitrogens with zero attached hydrogens (tertiary/aromatic N) is 3. The van der Waals surface area contributed by atoms with Crippen LogP contribution in [0.5, 0.6) is 0 Å². The summed E-state index contributed by atoms with van der Waals surface area (Å²) in [5.74, 6) is 0.00475. The fourth-order valence-electron chi connectivity index (χ4n) is 1.56. The van der Waals surface area contributed by atoms with Crippen LogP contribution in [0.3, 0.4) is 0 Å². The van der Waals surface area contributed by atoms with Crippen LogP contribution in [0.15, 0.2) is 25.0 Å². The van der Waals surface area contributed by atoms with Crippen molar-refractivity contribution < 1.29 is 4.79 Å². The van der Waals surface area contributed by atoms with Crippen LogP contribution in [0.4, 0.5) is 0 Å². The van der Waals surface area contributed by atoms with Crippen LogP contribution in [-0.2, 0) is 4.79 Å².